The van der Waals surface area contributed by atoms with Crippen LogP contribution in [0.15, 0.2) is 18.2 Å². The number of benzene rings is 1. The lowest BCUT2D eigenvalue weighted by molar-refractivity contribution is 0.0937. The van der Waals surface area contributed by atoms with Crippen LogP contribution in [-0.4, -0.2) is 29.6 Å². The highest BCUT2D eigenvalue weighted by Gasteiger charge is 2.30. The third-order valence-electron chi connectivity index (χ3n) is 5.13. The van der Waals surface area contributed by atoms with Crippen LogP contribution in [0.4, 0.5) is 5.69 Å². The number of hydrogen-bond acceptors (Lipinski definition) is 3. The number of aryl methyl sites for hydroxylation is 1. The van der Waals surface area contributed by atoms with E-state index >= 15 is 0 Å². The van der Waals surface area contributed by atoms with E-state index in [1.165, 1.54) is 49.9 Å². The number of fused-ring (bicyclic) bond motifs is 1. The monoisotopic (exact) mass is 287 g/mol. The number of likely N-dealkylation sites (tertiary alicyclic amines) is 1. The molecule has 1 heterocycles. The SMILES string of the molecule is CC(C)(C)N1CCC(NC2CCc3cc(N)ccc32)CC1. The maximum Gasteiger partial charge on any atom is 0.0328 e. The van der Waals surface area contributed by atoms with Crippen molar-refractivity contribution in [2.24, 2.45) is 0 Å². The van der Waals surface area contributed by atoms with Gasteiger partial charge in [-0.3, -0.25) is 4.90 Å². The van der Waals surface area contributed by atoms with Gasteiger partial charge in [0.1, 0.15) is 0 Å². The number of rotatable bonds is 2. The van der Waals surface area contributed by atoms with Crippen molar-refractivity contribution in [1.82, 2.24) is 10.2 Å². The van der Waals surface area contributed by atoms with Gasteiger partial charge in [-0.1, -0.05) is 6.07 Å². The van der Waals surface area contributed by atoms with Crippen molar-refractivity contribution in [3.63, 3.8) is 0 Å². The molecule has 0 amide bonds. The fourth-order valence-electron chi connectivity index (χ4n) is 3.81. The molecule has 1 aliphatic heterocycles. The van der Waals surface area contributed by atoms with Crippen molar-refractivity contribution in [2.45, 2.75) is 64.1 Å². The Bertz CT molecular complexity index is 496. The number of hydrogen-bond donors (Lipinski definition) is 2. The van der Waals surface area contributed by atoms with Crippen LogP contribution in [0, 0.1) is 0 Å². The first-order chi connectivity index (χ1) is 9.93. The second-order valence-corrected chi connectivity index (χ2v) is 7.65. The van der Waals surface area contributed by atoms with Crippen LogP contribution < -0.4 is 11.1 Å². The largest absolute Gasteiger partial charge is 0.399 e. The first-order valence-electron chi connectivity index (χ1n) is 8.33. The van der Waals surface area contributed by atoms with E-state index in [-0.39, 0.29) is 0 Å². The summed E-state index contributed by atoms with van der Waals surface area (Å²) in [5, 5.41) is 3.90. The molecule has 0 saturated carbocycles. The molecule has 3 N–H and O–H groups in total. The van der Waals surface area contributed by atoms with Gasteiger partial charge >= 0.3 is 0 Å². The summed E-state index contributed by atoms with van der Waals surface area (Å²) >= 11 is 0. The summed E-state index contributed by atoms with van der Waals surface area (Å²) in [4.78, 5) is 2.61. The number of piperidine rings is 1. The molecule has 116 valence electrons. The predicted molar refractivity (Wildman–Crippen MR) is 89.4 cm³/mol. The molecule has 3 rings (SSSR count). The molecule has 2 aliphatic rings. The summed E-state index contributed by atoms with van der Waals surface area (Å²) in [6, 6.07) is 7.61. The van der Waals surface area contributed by atoms with Crippen molar-refractivity contribution in [2.75, 3.05) is 18.8 Å². The lowest BCUT2D eigenvalue weighted by Gasteiger charge is -2.41. The zero-order valence-corrected chi connectivity index (χ0v) is 13.7. The third kappa shape index (κ3) is 3.24. The van der Waals surface area contributed by atoms with Gasteiger partial charge in [0.2, 0.25) is 0 Å². The maximum atomic E-state index is 5.89. The van der Waals surface area contributed by atoms with Gasteiger partial charge < -0.3 is 11.1 Å². The van der Waals surface area contributed by atoms with Gasteiger partial charge in [0.25, 0.3) is 0 Å². The highest BCUT2D eigenvalue weighted by molar-refractivity contribution is 5.47. The standard InChI is InChI=1S/C18H29N3/c1-18(2,3)21-10-8-15(9-11-21)20-17-7-4-13-12-14(19)5-6-16(13)17/h5-6,12,15,17,20H,4,7-11,19H2,1-3H3. The summed E-state index contributed by atoms with van der Waals surface area (Å²) in [6.07, 6.45) is 4.91. The molecule has 3 heteroatoms. The lowest BCUT2D eigenvalue weighted by atomic mass is 9.97. The molecule has 21 heavy (non-hydrogen) atoms. The Morgan fingerprint density at radius 1 is 1.14 bits per heavy atom. The predicted octanol–water partition coefficient (Wildman–Crippen LogP) is 3.11. The molecule has 1 saturated heterocycles. The Balaban J connectivity index is 1.58. The fourth-order valence-corrected chi connectivity index (χ4v) is 3.81. The van der Waals surface area contributed by atoms with Crippen LogP contribution in [0.5, 0.6) is 0 Å². The van der Waals surface area contributed by atoms with Crippen molar-refractivity contribution in [3.8, 4) is 0 Å². The first kappa shape index (κ1) is 14.9. The lowest BCUT2D eigenvalue weighted by Crippen LogP contribution is -2.50. The molecule has 0 bridgehead atoms. The van der Waals surface area contributed by atoms with Crippen LogP contribution in [0.2, 0.25) is 0 Å². The second-order valence-electron chi connectivity index (χ2n) is 7.65. The van der Waals surface area contributed by atoms with Crippen molar-refractivity contribution in [3.05, 3.63) is 29.3 Å². The van der Waals surface area contributed by atoms with E-state index in [0.717, 1.165) is 5.69 Å². The summed E-state index contributed by atoms with van der Waals surface area (Å²) in [6.45, 7) is 9.38. The topological polar surface area (TPSA) is 41.3 Å². The molecule has 1 aromatic rings. The highest BCUT2D eigenvalue weighted by Crippen LogP contribution is 2.33. The van der Waals surface area contributed by atoms with Crippen LogP contribution >= 0.6 is 0 Å². The molecule has 1 aliphatic carbocycles. The second kappa shape index (κ2) is 5.62. The van der Waals surface area contributed by atoms with Crippen LogP contribution in [0.1, 0.15) is 57.2 Å². The molecular weight excluding hydrogens is 258 g/mol. The van der Waals surface area contributed by atoms with Gasteiger partial charge in [0, 0.05) is 36.4 Å². The number of nitrogens with one attached hydrogen (secondary N) is 1. The Morgan fingerprint density at radius 2 is 1.86 bits per heavy atom. The molecule has 0 radical (unpaired) electrons. The fraction of sp³-hybridized carbons (Fsp3) is 0.667. The minimum absolute atomic E-state index is 0.308. The quantitative estimate of drug-likeness (QED) is 0.821. The molecule has 1 atom stereocenters. The zero-order chi connectivity index (χ0) is 15.0. The van der Waals surface area contributed by atoms with E-state index in [1.54, 1.807) is 0 Å². The van der Waals surface area contributed by atoms with Crippen molar-refractivity contribution in [1.29, 1.82) is 0 Å². The van der Waals surface area contributed by atoms with Gasteiger partial charge in [-0.2, -0.15) is 0 Å². The van der Waals surface area contributed by atoms with Gasteiger partial charge in [0.05, 0.1) is 0 Å². The van der Waals surface area contributed by atoms with Gasteiger partial charge in [-0.15, -0.1) is 0 Å². The molecule has 1 aromatic carbocycles. The van der Waals surface area contributed by atoms with E-state index < -0.39 is 0 Å². The Hall–Kier alpha value is -1.06. The van der Waals surface area contributed by atoms with E-state index in [9.17, 15) is 0 Å². The van der Waals surface area contributed by atoms with E-state index in [2.05, 4.69) is 43.1 Å². The number of anilines is 1. The summed E-state index contributed by atoms with van der Waals surface area (Å²) < 4.78 is 0. The van der Waals surface area contributed by atoms with Gasteiger partial charge in [0.15, 0.2) is 0 Å². The molecule has 0 aromatic heterocycles. The normalized spacial score (nSPS) is 24.2. The van der Waals surface area contributed by atoms with Crippen LogP contribution in [0.3, 0.4) is 0 Å². The smallest absolute Gasteiger partial charge is 0.0328 e. The number of nitrogens with two attached hydrogens (primary N) is 1. The molecule has 1 fully saturated rings. The number of nitrogens with zero attached hydrogens (tertiary/aromatic N) is 1. The first-order valence-corrected chi connectivity index (χ1v) is 8.33. The van der Waals surface area contributed by atoms with E-state index in [1.807, 2.05) is 6.07 Å². The maximum absolute atomic E-state index is 5.89. The molecule has 0 spiro atoms. The molecule has 3 nitrogen and oxygen atoms in total. The minimum atomic E-state index is 0.308. The van der Waals surface area contributed by atoms with Crippen molar-refractivity contribution >= 4 is 5.69 Å². The van der Waals surface area contributed by atoms with Crippen LogP contribution in [0.25, 0.3) is 0 Å². The van der Waals surface area contributed by atoms with Crippen molar-refractivity contribution < 1.29 is 0 Å². The summed E-state index contributed by atoms with van der Waals surface area (Å²) in [7, 11) is 0. The van der Waals surface area contributed by atoms with E-state index in [4.69, 9.17) is 5.73 Å². The Morgan fingerprint density at radius 3 is 2.52 bits per heavy atom. The number of nitrogen functional groups attached to an aromatic ring is 1. The van der Waals surface area contributed by atoms with Crippen LogP contribution in [-0.2, 0) is 6.42 Å². The van der Waals surface area contributed by atoms with Gasteiger partial charge in [-0.05, 0) is 69.7 Å². The average Bonchev–Trinajstić information content (AvgIpc) is 2.80. The Labute approximate surface area is 128 Å². The highest BCUT2D eigenvalue weighted by atomic mass is 15.2. The molecule has 1 unspecified atom stereocenters. The Kier molecular flexibility index (Phi) is 3.98. The van der Waals surface area contributed by atoms with Gasteiger partial charge in [-0.25, -0.2) is 0 Å². The summed E-state index contributed by atoms with van der Waals surface area (Å²) in [5.41, 5.74) is 10.0. The summed E-state index contributed by atoms with van der Waals surface area (Å²) in [5.74, 6) is 0. The average molecular weight is 287 g/mol. The minimum Gasteiger partial charge on any atom is -0.399 e. The molecular formula is C18H29N3. The zero-order valence-electron chi connectivity index (χ0n) is 13.7. The van der Waals surface area contributed by atoms with E-state index in [0.29, 0.717) is 17.6 Å². The third-order valence-corrected chi connectivity index (χ3v) is 5.13.